The fourth-order valence-electron chi connectivity index (χ4n) is 2.06. The van der Waals surface area contributed by atoms with E-state index in [1.807, 2.05) is 37.3 Å². The molecule has 0 aliphatic heterocycles. The number of nitrogens with zero attached hydrogens (tertiary/aromatic N) is 1. The molecule has 2 N–H and O–H groups in total. The zero-order chi connectivity index (χ0) is 15.9. The summed E-state index contributed by atoms with van der Waals surface area (Å²) < 4.78 is 0. The van der Waals surface area contributed by atoms with Crippen molar-refractivity contribution in [3.63, 3.8) is 0 Å². The summed E-state index contributed by atoms with van der Waals surface area (Å²) in [6.45, 7) is 1.96. The average molecular weight is 318 g/mol. The first-order valence-electron chi connectivity index (χ1n) is 7.17. The molecule has 1 heterocycles. The normalized spacial score (nSPS) is 10.4. The molecular formula is C16H18N2O3S. The van der Waals surface area contributed by atoms with Crippen molar-refractivity contribution in [3.8, 4) is 0 Å². The fourth-order valence-corrected chi connectivity index (χ4v) is 2.93. The van der Waals surface area contributed by atoms with E-state index in [1.54, 1.807) is 0 Å². The van der Waals surface area contributed by atoms with Crippen molar-refractivity contribution >= 4 is 28.3 Å². The molecule has 5 nitrogen and oxygen atoms in total. The van der Waals surface area contributed by atoms with E-state index in [0.717, 1.165) is 23.3 Å². The van der Waals surface area contributed by atoms with Gasteiger partial charge in [0.2, 0.25) is 5.91 Å². The number of aromatic nitrogens is 1. The highest BCUT2D eigenvalue weighted by atomic mass is 32.1. The smallest absolute Gasteiger partial charge is 0.347 e. The molecule has 2 aromatic rings. The summed E-state index contributed by atoms with van der Waals surface area (Å²) in [6, 6.07) is 9.74. The number of carbonyl (C=O) groups is 2. The van der Waals surface area contributed by atoms with E-state index in [0.29, 0.717) is 30.1 Å². The Balaban J connectivity index is 1.96. The van der Waals surface area contributed by atoms with Gasteiger partial charge in [-0.05, 0) is 18.4 Å². The van der Waals surface area contributed by atoms with Crippen LogP contribution in [0.15, 0.2) is 30.3 Å². The van der Waals surface area contributed by atoms with Crippen LogP contribution >= 0.6 is 11.3 Å². The highest BCUT2D eigenvalue weighted by Gasteiger charge is 2.17. The van der Waals surface area contributed by atoms with E-state index in [2.05, 4.69) is 10.3 Å². The Morgan fingerprint density at radius 1 is 1.23 bits per heavy atom. The van der Waals surface area contributed by atoms with Gasteiger partial charge >= 0.3 is 5.97 Å². The SMILES string of the molecule is CCCc1nc(NC(=O)CCc2ccccc2)sc1C(=O)O. The highest BCUT2D eigenvalue weighted by molar-refractivity contribution is 7.17. The molecule has 22 heavy (non-hydrogen) atoms. The molecule has 116 valence electrons. The molecular weight excluding hydrogens is 300 g/mol. The van der Waals surface area contributed by atoms with E-state index in [-0.39, 0.29) is 10.8 Å². The van der Waals surface area contributed by atoms with Gasteiger partial charge in [0.05, 0.1) is 5.69 Å². The minimum absolute atomic E-state index is 0.155. The Bertz CT molecular complexity index is 653. The summed E-state index contributed by atoms with van der Waals surface area (Å²) in [5, 5.41) is 12.2. The Kier molecular flexibility index (Phi) is 5.66. The number of anilines is 1. The Hall–Kier alpha value is -2.21. The van der Waals surface area contributed by atoms with E-state index in [4.69, 9.17) is 5.11 Å². The lowest BCUT2D eigenvalue weighted by atomic mass is 10.1. The molecule has 1 amide bonds. The summed E-state index contributed by atoms with van der Waals surface area (Å²) in [7, 11) is 0. The van der Waals surface area contributed by atoms with Crippen molar-refractivity contribution in [2.24, 2.45) is 0 Å². The van der Waals surface area contributed by atoms with Crippen LogP contribution in [0.2, 0.25) is 0 Å². The van der Waals surface area contributed by atoms with Crippen LogP contribution < -0.4 is 5.32 Å². The standard InChI is InChI=1S/C16H18N2O3S/c1-2-6-12-14(15(20)21)22-16(17-12)18-13(19)10-9-11-7-4-3-5-8-11/h3-5,7-8H,2,6,9-10H2,1H3,(H,20,21)(H,17,18,19). The number of carbonyl (C=O) groups excluding carboxylic acids is 1. The van der Waals surface area contributed by atoms with Gasteiger partial charge in [0, 0.05) is 6.42 Å². The van der Waals surface area contributed by atoms with E-state index >= 15 is 0 Å². The minimum atomic E-state index is -0.995. The minimum Gasteiger partial charge on any atom is -0.477 e. The third-order valence-electron chi connectivity index (χ3n) is 3.11. The first kappa shape index (κ1) is 16.2. The number of hydrogen-bond donors (Lipinski definition) is 2. The van der Waals surface area contributed by atoms with Crippen molar-refractivity contribution in [2.75, 3.05) is 5.32 Å². The number of aromatic carboxylic acids is 1. The molecule has 0 saturated carbocycles. The predicted octanol–water partition coefficient (Wildman–Crippen LogP) is 3.37. The zero-order valence-electron chi connectivity index (χ0n) is 12.3. The molecule has 0 fully saturated rings. The van der Waals surface area contributed by atoms with Gasteiger partial charge in [0.15, 0.2) is 5.13 Å². The number of carboxylic acid groups (broad SMARTS) is 1. The quantitative estimate of drug-likeness (QED) is 0.820. The summed E-state index contributed by atoms with van der Waals surface area (Å²) in [5.74, 6) is -1.15. The third-order valence-corrected chi connectivity index (χ3v) is 4.11. The van der Waals surface area contributed by atoms with Crippen LogP contribution in [0.3, 0.4) is 0 Å². The lowest BCUT2D eigenvalue weighted by Gasteiger charge is -2.02. The van der Waals surface area contributed by atoms with Crippen LogP contribution in [0.25, 0.3) is 0 Å². The molecule has 2 rings (SSSR count). The van der Waals surface area contributed by atoms with Crippen molar-refractivity contribution < 1.29 is 14.7 Å². The van der Waals surface area contributed by atoms with Crippen molar-refractivity contribution in [1.82, 2.24) is 4.98 Å². The molecule has 0 atom stereocenters. The summed E-state index contributed by atoms with van der Waals surface area (Å²) in [5.41, 5.74) is 1.63. The first-order valence-corrected chi connectivity index (χ1v) is 7.98. The van der Waals surface area contributed by atoms with Crippen LogP contribution in [0.4, 0.5) is 5.13 Å². The number of amides is 1. The van der Waals surface area contributed by atoms with Gasteiger partial charge in [-0.1, -0.05) is 55.0 Å². The topological polar surface area (TPSA) is 79.3 Å². The van der Waals surface area contributed by atoms with Gasteiger partial charge in [-0.2, -0.15) is 0 Å². The number of hydrogen-bond acceptors (Lipinski definition) is 4. The monoisotopic (exact) mass is 318 g/mol. The number of benzene rings is 1. The van der Waals surface area contributed by atoms with Gasteiger partial charge in [-0.25, -0.2) is 9.78 Å². The highest BCUT2D eigenvalue weighted by Crippen LogP contribution is 2.24. The van der Waals surface area contributed by atoms with Gasteiger partial charge in [-0.15, -0.1) is 0 Å². The summed E-state index contributed by atoms with van der Waals surface area (Å²) >= 11 is 1.01. The van der Waals surface area contributed by atoms with E-state index in [9.17, 15) is 9.59 Å². The molecule has 1 aromatic heterocycles. The second-order valence-electron chi connectivity index (χ2n) is 4.88. The van der Waals surface area contributed by atoms with Gasteiger partial charge in [0.1, 0.15) is 4.88 Å². The van der Waals surface area contributed by atoms with E-state index < -0.39 is 5.97 Å². The zero-order valence-corrected chi connectivity index (χ0v) is 13.2. The first-order chi connectivity index (χ1) is 10.6. The largest absolute Gasteiger partial charge is 0.477 e. The van der Waals surface area contributed by atoms with Crippen LogP contribution in [0.5, 0.6) is 0 Å². The summed E-state index contributed by atoms with van der Waals surface area (Å²) in [6.07, 6.45) is 2.39. The lowest BCUT2D eigenvalue weighted by molar-refractivity contribution is -0.116. The molecule has 0 bridgehead atoms. The second kappa shape index (κ2) is 7.70. The van der Waals surface area contributed by atoms with Gasteiger partial charge in [0.25, 0.3) is 0 Å². The third kappa shape index (κ3) is 4.39. The maximum Gasteiger partial charge on any atom is 0.347 e. The lowest BCUT2D eigenvalue weighted by Crippen LogP contribution is -2.12. The summed E-state index contributed by atoms with van der Waals surface area (Å²) in [4.78, 5) is 27.5. The molecule has 0 unspecified atom stereocenters. The van der Waals surface area contributed by atoms with Crippen LogP contribution in [0, 0.1) is 0 Å². The second-order valence-corrected chi connectivity index (χ2v) is 5.88. The number of thiazole rings is 1. The van der Waals surface area contributed by atoms with E-state index in [1.165, 1.54) is 0 Å². The van der Waals surface area contributed by atoms with Crippen LogP contribution in [-0.2, 0) is 17.6 Å². The van der Waals surface area contributed by atoms with Gasteiger partial charge in [-0.3, -0.25) is 4.79 Å². The van der Waals surface area contributed by atoms with Crippen molar-refractivity contribution in [2.45, 2.75) is 32.6 Å². The molecule has 0 radical (unpaired) electrons. The van der Waals surface area contributed by atoms with Crippen LogP contribution in [0.1, 0.15) is 40.7 Å². The Morgan fingerprint density at radius 3 is 2.59 bits per heavy atom. The fraction of sp³-hybridized carbons (Fsp3) is 0.312. The maximum atomic E-state index is 11.9. The molecule has 1 aromatic carbocycles. The Labute approximate surface area is 133 Å². The van der Waals surface area contributed by atoms with Gasteiger partial charge < -0.3 is 10.4 Å². The number of carboxylic acids is 1. The number of rotatable bonds is 7. The molecule has 0 saturated heterocycles. The predicted molar refractivity (Wildman–Crippen MR) is 86.5 cm³/mol. The number of nitrogens with one attached hydrogen (secondary N) is 1. The maximum absolute atomic E-state index is 11.9. The number of aryl methyl sites for hydroxylation is 2. The van der Waals surface area contributed by atoms with Crippen LogP contribution in [-0.4, -0.2) is 22.0 Å². The molecule has 0 aliphatic rings. The van der Waals surface area contributed by atoms with Crippen molar-refractivity contribution in [1.29, 1.82) is 0 Å². The molecule has 0 spiro atoms. The Morgan fingerprint density at radius 2 is 1.95 bits per heavy atom. The molecule has 0 aliphatic carbocycles. The average Bonchev–Trinajstić information content (AvgIpc) is 2.89. The van der Waals surface area contributed by atoms with Crippen molar-refractivity contribution in [3.05, 3.63) is 46.5 Å². The molecule has 6 heteroatoms.